The van der Waals surface area contributed by atoms with E-state index in [1.807, 2.05) is 31.2 Å². The number of benzene rings is 2. The average molecular weight is 282 g/mol. The van der Waals surface area contributed by atoms with Crippen molar-refractivity contribution in [2.24, 2.45) is 0 Å². The van der Waals surface area contributed by atoms with Gasteiger partial charge in [0.2, 0.25) is 0 Å². The van der Waals surface area contributed by atoms with Crippen molar-refractivity contribution in [3.8, 4) is 5.75 Å². The normalized spacial score (nSPS) is 11.3. The molecule has 2 rings (SSSR count). The lowest BCUT2D eigenvalue weighted by atomic mass is 9.84. The SMILES string of the molecule is Cc1cc(C)c(OC(=O)c2ccccc2)c(C(C)(C)C)c1. The lowest BCUT2D eigenvalue weighted by Crippen LogP contribution is -2.17. The molecule has 0 spiro atoms. The first-order chi connectivity index (χ1) is 9.79. The molecule has 110 valence electrons. The molecule has 0 aromatic heterocycles. The molecule has 0 fully saturated rings. The highest BCUT2D eigenvalue weighted by atomic mass is 16.5. The third-order valence-electron chi connectivity index (χ3n) is 3.43. The second-order valence-electron chi connectivity index (χ2n) is 6.46. The number of hydrogen-bond donors (Lipinski definition) is 0. The zero-order chi connectivity index (χ0) is 15.6. The van der Waals surface area contributed by atoms with Crippen LogP contribution in [0.2, 0.25) is 0 Å². The predicted molar refractivity (Wildman–Crippen MR) is 86.0 cm³/mol. The maximum Gasteiger partial charge on any atom is 0.343 e. The second-order valence-corrected chi connectivity index (χ2v) is 6.46. The van der Waals surface area contributed by atoms with Gasteiger partial charge >= 0.3 is 5.97 Å². The van der Waals surface area contributed by atoms with Crippen LogP contribution in [0, 0.1) is 13.8 Å². The van der Waals surface area contributed by atoms with Gasteiger partial charge in [0.05, 0.1) is 5.56 Å². The highest BCUT2D eigenvalue weighted by molar-refractivity contribution is 5.91. The summed E-state index contributed by atoms with van der Waals surface area (Å²) in [6, 6.07) is 13.2. The van der Waals surface area contributed by atoms with E-state index in [0.717, 1.165) is 11.1 Å². The second kappa shape index (κ2) is 5.72. The number of aryl methyl sites for hydroxylation is 2. The molecule has 0 radical (unpaired) electrons. The summed E-state index contributed by atoms with van der Waals surface area (Å²) in [5.74, 6) is 0.370. The topological polar surface area (TPSA) is 26.3 Å². The van der Waals surface area contributed by atoms with Gasteiger partial charge < -0.3 is 4.74 Å². The number of carbonyl (C=O) groups is 1. The molecule has 0 aliphatic carbocycles. The van der Waals surface area contributed by atoms with Gasteiger partial charge in [-0.3, -0.25) is 0 Å². The fraction of sp³-hybridized carbons (Fsp3) is 0.316. The van der Waals surface area contributed by atoms with E-state index in [0.29, 0.717) is 11.3 Å². The predicted octanol–water partition coefficient (Wildman–Crippen LogP) is 4.82. The highest BCUT2D eigenvalue weighted by Crippen LogP contribution is 2.35. The number of esters is 1. The highest BCUT2D eigenvalue weighted by Gasteiger charge is 2.23. The molecular formula is C19H22O2. The largest absolute Gasteiger partial charge is 0.422 e. The van der Waals surface area contributed by atoms with Crippen LogP contribution < -0.4 is 4.74 Å². The van der Waals surface area contributed by atoms with Crippen molar-refractivity contribution in [2.45, 2.75) is 40.0 Å². The van der Waals surface area contributed by atoms with Gasteiger partial charge in [-0.15, -0.1) is 0 Å². The van der Waals surface area contributed by atoms with Crippen LogP contribution >= 0.6 is 0 Å². The van der Waals surface area contributed by atoms with E-state index in [1.54, 1.807) is 12.1 Å². The zero-order valence-corrected chi connectivity index (χ0v) is 13.4. The molecule has 0 saturated carbocycles. The van der Waals surface area contributed by atoms with E-state index in [2.05, 4.69) is 33.8 Å². The minimum Gasteiger partial charge on any atom is -0.422 e. The Balaban J connectivity index is 2.43. The van der Waals surface area contributed by atoms with E-state index in [1.165, 1.54) is 5.56 Å². The van der Waals surface area contributed by atoms with Gasteiger partial charge in [0.25, 0.3) is 0 Å². The minimum atomic E-state index is -0.312. The molecule has 0 saturated heterocycles. The summed E-state index contributed by atoms with van der Waals surface area (Å²) >= 11 is 0. The van der Waals surface area contributed by atoms with Gasteiger partial charge in [-0.05, 0) is 37.0 Å². The molecule has 0 N–H and O–H groups in total. The Labute approximate surface area is 126 Å². The van der Waals surface area contributed by atoms with Crippen molar-refractivity contribution in [2.75, 3.05) is 0 Å². The van der Waals surface area contributed by atoms with Crippen LogP contribution in [0.15, 0.2) is 42.5 Å². The van der Waals surface area contributed by atoms with Crippen molar-refractivity contribution in [3.05, 3.63) is 64.7 Å². The summed E-state index contributed by atoms with van der Waals surface area (Å²) in [7, 11) is 0. The zero-order valence-electron chi connectivity index (χ0n) is 13.4. The number of ether oxygens (including phenoxy) is 1. The lowest BCUT2D eigenvalue weighted by molar-refractivity contribution is 0.0730. The molecule has 0 amide bonds. The van der Waals surface area contributed by atoms with Crippen LogP contribution in [0.25, 0.3) is 0 Å². The molecule has 0 heterocycles. The molecule has 0 atom stereocenters. The van der Waals surface area contributed by atoms with Crippen molar-refractivity contribution in [1.82, 2.24) is 0 Å². The van der Waals surface area contributed by atoms with E-state index in [9.17, 15) is 4.79 Å². The van der Waals surface area contributed by atoms with Gasteiger partial charge in [-0.25, -0.2) is 4.79 Å². The first kappa shape index (κ1) is 15.3. The Morgan fingerprint density at radius 1 is 1.00 bits per heavy atom. The number of hydrogen-bond acceptors (Lipinski definition) is 2. The maximum absolute atomic E-state index is 12.3. The molecule has 21 heavy (non-hydrogen) atoms. The number of rotatable bonds is 2. The van der Waals surface area contributed by atoms with Crippen molar-refractivity contribution in [1.29, 1.82) is 0 Å². The molecule has 2 aromatic carbocycles. The maximum atomic E-state index is 12.3. The number of carbonyl (C=O) groups excluding carboxylic acids is 1. The lowest BCUT2D eigenvalue weighted by Gasteiger charge is -2.24. The van der Waals surface area contributed by atoms with Gasteiger partial charge in [-0.1, -0.05) is 56.7 Å². The van der Waals surface area contributed by atoms with Gasteiger partial charge in [0.15, 0.2) is 0 Å². The van der Waals surface area contributed by atoms with Crippen LogP contribution in [0.1, 0.15) is 47.8 Å². The van der Waals surface area contributed by atoms with E-state index in [4.69, 9.17) is 4.74 Å². The molecule has 0 aliphatic rings. The molecule has 2 aromatic rings. The third-order valence-corrected chi connectivity index (χ3v) is 3.43. The molecule has 0 bridgehead atoms. The molecule has 0 aliphatic heterocycles. The van der Waals surface area contributed by atoms with E-state index < -0.39 is 0 Å². The summed E-state index contributed by atoms with van der Waals surface area (Å²) < 4.78 is 5.70. The van der Waals surface area contributed by atoms with E-state index >= 15 is 0 Å². The molecule has 0 unspecified atom stereocenters. The van der Waals surface area contributed by atoms with Crippen molar-refractivity contribution in [3.63, 3.8) is 0 Å². The first-order valence-corrected chi connectivity index (χ1v) is 7.18. The standard InChI is InChI=1S/C19H22O2/c1-13-11-14(2)17(16(12-13)19(3,4)5)21-18(20)15-9-7-6-8-10-15/h6-12H,1-5H3. The van der Waals surface area contributed by atoms with Crippen LogP contribution in [0.3, 0.4) is 0 Å². The van der Waals surface area contributed by atoms with Crippen LogP contribution in [0.4, 0.5) is 0 Å². The Morgan fingerprint density at radius 3 is 2.19 bits per heavy atom. The summed E-state index contributed by atoms with van der Waals surface area (Å²) in [5, 5.41) is 0. The summed E-state index contributed by atoms with van der Waals surface area (Å²) in [5.41, 5.74) is 3.71. The minimum absolute atomic E-state index is 0.0803. The monoisotopic (exact) mass is 282 g/mol. The Kier molecular flexibility index (Phi) is 4.17. The van der Waals surface area contributed by atoms with Crippen molar-refractivity contribution < 1.29 is 9.53 Å². The molecule has 2 nitrogen and oxygen atoms in total. The van der Waals surface area contributed by atoms with Gasteiger partial charge in [-0.2, -0.15) is 0 Å². The van der Waals surface area contributed by atoms with Crippen LogP contribution in [0.5, 0.6) is 5.75 Å². The van der Waals surface area contributed by atoms with Gasteiger partial charge in [0.1, 0.15) is 5.75 Å². The Hall–Kier alpha value is -2.09. The quantitative estimate of drug-likeness (QED) is 0.583. The molecular weight excluding hydrogens is 260 g/mol. The fourth-order valence-corrected chi connectivity index (χ4v) is 2.37. The first-order valence-electron chi connectivity index (χ1n) is 7.18. The van der Waals surface area contributed by atoms with Crippen molar-refractivity contribution >= 4 is 5.97 Å². The summed E-state index contributed by atoms with van der Waals surface area (Å²) in [6.07, 6.45) is 0. The average Bonchev–Trinajstić information content (AvgIpc) is 2.41. The molecule has 2 heteroatoms. The van der Waals surface area contributed by atoms with Crippen LogP contribution in [-0.4, -0.2) is 5.97 Å². The van der Waals surface area contributed by atoms with Gasteiger partial charge in [0, 0.05) is 5.56 Å². The fourth-order valence-electron chi connectivity index (χ4n) is 2.37. The Bertz CT molecular complexity index is 649. The smallest absolute Gasteiger partial charge is 0.343 e. The third kappa shape index (κ3) is 3.52. The van der Waals surface area contributed by atoms with Crippen LogP contribution in [-0.2, 0) is 5.41 Å². The summed E-state index contributed by atoms with van der Waals surface area (Å²) in [4.78, 5) is 12.3. The summed E-state index contributed by atoms with van der Waals surface area (Å²) in [6.45, 7) is 10.4. The Morgan fingerprint density at radius 2 is 1.62 bits per heavy atom. The van der Waals surface area contributed by atoms with E-state index in [-0.39, 0.29) is 11.4 Å².